The summed E-state index contributed by atoms with van der Waals surface area (Å²) in [7, 11) is -3.12. The van der Waals surface area contributed by atoms with Crippen LogP contribution in [0.25, 0.3) is 0 Å². The molecule has 0 fully saturated rings. The molecule has 0 bridgehead atoms. The summed E-state index contributed by atoms with van der Waals surface area (Å²) in [6.45, 7) is 11.2. The summed E-state index contributed by atoms with van der Waals surface area (Å²) >= 11 is 0. The van der Waals surface area contributed by atoms with Crippen LogP contribution in [0.15, 0.2) is 30.3 Å². The number of para-hydroxylation sites is 1. The first-order valence-electron chi connectivity index (χ1n) is 7.53. The molecular formula is C17H27O4P. The minimum atomic E-state index is -3.12. The summed E-state index contributed by atoms with van der Waals surface area (Å²) < 4.78 is 24.5. The molecule has 0 amide bonds. The number of esters is 1. The van der Waals surface area contributed by atoms with Crippen molar-refractivity contribution in [1.29, 1.82) is 0 Å². The van der Waals surface area contributed by atoms with Gasteiger partial charge in [0, 0.05) is 5.16 Å². The Morgan fingerprint density at radius 2 is 1.64 bits per heavy atom. The Morgan fingerprint density at radius 3 is 2.09 bits per heavy atom. The van der Waals surface area contributed by atoms with E-state index in [1.165, 1.54) is 0 Å². The van der Waals surface area contributed by atoms with Crippen molar-refractivity contribution in [3.8, 4) is 5.75 Å². The quantitative estimate of drug-likeness (QED) is 0.560. The minimum absolute atomic E-state index is 0.136. The lowest BCUT2D eigenvalue weighted by atomic mass is 9.97. The molecule has 1 aromatic rings. The average Bonchev–Trinajstić information content (AvgIpc) is 2.38. The third kappa shape index (κ3) is 4.61. The zero-order valence-corrected chi connectivity index (χ0v) is 15.3. The molecule has 0 aromatic heterocycles. The Labute approximate surface area is 133 Å². The van der Waals surface area contributed by atoms with Crippen molar-refractivity contribution in [3.63, 3.8) is 0 Å². The molecule has 1 rings (SSSR count). The lowest BCUT2D eigenvalue weighted by Gasteiger charge is -2.35. The summed E-state index contributed by atoms with van der Waals surface area (Å²) in [5.74, 6) is 0.205. The van der Waals surface area contributed by atoms with E-state index in [0.29, 0.717) is 12.4 Å². The topological polar surface area (TPSA) is 52.6 Å². The first kappa shape index (κ1) is 18.8. The van der Waals surface area contributed by atoms with Crippen LogP contribution in [0, 0.1) is 5.41 Å². The van der Waals surface area contributed by atoms with Crippen molar-refractivity contribution in [2.45, 2.75) is 46.7 Å². The second-order valence-corrected chi connectivity index (χ2v) is 10.2. The normalized spacial score (nSPS) is 15.0. The lowest BCUT2D eigenvalue weighted by Crippen LogP contribution is -2.35. The van der Waals surface area contributed by atoms with Crippen LogP contribution in [0.3, 0.4) is 0 Å². The van der Waals surface area contributed by atoms with Crippen molar-refractivity contribution < 1.29 is 18.6 Å². The average molecular weight is 326 g/mol. The largest absolute Gasteiger partial charge is 0.466 e. The molecule has 0 saturated carbocycles. The molecule has 1 aromatic carbocycles. The molecule has 0 radical (unpaired) electrons. The van der Waals surface area contributed by atoms with Gasteiger partial charge in [-0.1, -0.05) is 39.0 Å². The van der Waals surface area contributed by atoms with Gasteiger partial charge in [0.05, 0.1) is 18.2 Å². The summed E-state index contributed by atoms with van der Waals surface area (Å²) in [6, 6.07) is 9.08. The monoisotopic (exact) mass is 326 g/mol. The number of benzene rings is 1. The second-order valence-electron chi connectivity index (χ2n) is 7.01. The van der Waals surface area contributed by atoms with Gasteiger partial charge in [-0.2, -0.15) is 0 Å². The van der Waals surface area contributed by atoms with Gasteiger partial charge in [-0.25, -0.2) is 0 Å². The van der Waals surface area contributed by atoms with Crippen LogP contribution in [0.2, 0.25) is 0 Å². The predicted octanol–water partition coefficient (Wildman–Crippen LogP) is 4.73. The van der Waals surface area contributed by atoms with Gasteiger partial charge in [-0.15, -0.1) is 0 Å². The van der Waals surface area contributed by atoms with Crippen LogP contribution in [0.4, 0.5) is 0 Å². The van der Waals surface area contributed by atoms with Crippen LogP contribution in [-0.2, 0) is 14.1 Å². The molecule has 0 aliphatic heterocycles. The summed E-state index contributed by atoms with van der Waals surface area (Å²) in [4.78, 5) is 12.1. The maximum atomic E-state index is 13.5. The Kier molecular flexibility index (Phi) is 5.86. The van der Waals surface area contributed by atoms with E-state index in [1.807, 2.05) is 39.0 Å². The standard InChI is InChI=1S/C17H27O4P/c1-7-20-15(18)17(5,6)13-22(19,16(2,3)4)21-14-11-9-8-10-12-14/h8-12H,7,13H2,1-6H3/t22-/m0/s1. The van der Waals surface area contributed by atoms with Crippen molar-refractivity contribution >= 4 is 13.3 Å². The number of hydrogen-bond acceptors (Lipinski definition) is 4. The molecule has 22 heavy (non-hydrogen) atoms. The number of carbonyl (C=O) groups is 1. The van der Waals surface area contributed by atoms with Gasteiger partial charge in [0.1, 0.15) is 5.75 Å². The molecular weight excluding hydrogens is 299 g/mol. The van der Waals surface area contributed by atoms with E-state index >= 15 is 0 Å². The predicted molar refractivity (Wildman–Crippen MR) is 89.7 cm³/mol. The van der Waals surface area contributed by atoms with E-state index in [0.717, 1.165) is 0 Å². The van der Waals surface area contributed by atoms with Gasteiger partial charge in [0.2, 0.25) is 0 Å². The number of ether oxygens (including phenoxy) is 1. The summed E-state index contributed by atoms with van der Waals surface area (Å²) in [5.41, 5.74) is -0.867. The number of hydrogen-bond donors (Lipinski definition) is 0. The molecule has 0 N–H and O–H groups in total. The van der Waals surface area contributed by atoms with Gasteiger partial charge in [-0.05, 0) is 32.9 Å². The second kappa shape index (κ2) is 6.87. The highest BCUT2D eigenvalue weighted by atomic mass is 31.2. The van der Waals surface area contributed by atoms with Crippen molar-refractivity contribution in [2.24, 2.45) is 5.41 Å². The zero-order chi connectivity index (χ0) is 17.0. The van der Waals surface area contributed by atoms with E-state index in [9.17, 15) is 9.36 Å². The molecule has 124 valence electrons. The Hall–Kier alpha value is -1.28. The van der Waals surface area contributed by atoms with E-state index in [-0.39, 0.29) is 12.1 Å². The summed E-state index contributed by atoms with van der Waals surface area (Å²) in [5, 5.41) is -0.577. The molecule has 0 unspecified atom stereocenters. The highest BCUT2D eigenvalue weighted by Crippen LogP contribution is 2.61. The van der Waals surface area contributed by atoms with Crippen LogP contribution in [0.1, 0.15) is 41.5 Å². The third-order valence-electron chi connectivity index (χ3n) is 3.45. The fourth-order valence-corrected chi connectivity index (χ4v) is 4.41. The molecule has 0 aliphatic rings. The molecule has 0 heterocycles. The molecule has 1 atom stereocenters. The highest BCUT2D eigenvalue weighted by Gasteiger charge is 2.46. The Balaban J connectivity index is 3.09. The van der Waals surface area contributed by atoms with Crippen molar-refractivity contribution in [1.82, 2.24) is 0 Å². The number of rotatable bonds is 6. The zero-order valence-electron chi connectivity index (χ0n) is 14.4. The molecule has 0 saturated heterocycles. The third-order valence-corrected chi connectivity index (χ3v) is 7.21. The van der Waals surface area contributed by atoms with Gasteiger partial charge >= 0.3 is 5.97 Å². The van der Waals surface area contributed by atoms with E-state index in [4.69, 9.17) is 9.26 Å². The maximum absolute atomic E-state index is 13.5. The molecule has 5 heteroatoms. The first-order chi connectivity index (χ1) is 10.0. The fourth-order valence-electron chi connectivity index (χ4n) is 1.97. The fraction of sp³-hybridized carbons (Fsp3) is 0.588. The maximum Gasteiger partial charge on any atom is 0.312 e. The Morgan fingerprint density at radius 1 is 1.09 bits per heavy atom. The van der Waals surface area contributed by atoms with E-state index < -0.39 is 17.9 Å². The van der Waals surface area contributed by atoms with E-state index in [2.05, 4.69) is 0 Å². The minimum Gasteiger partial charge on any atom is -0.466 e. The smallest absolute Gasteiger partial charge is 0.312 e. The van der Waals surface area contributed by atoms with Crippen LogP contribution in [0.5, 0.6) is 5.75 Å². The molecule has 0 spiro atoms. The van der Waals surface area contributed by atoms with E-state index in [1.54, 1.807) is 32.9 Å². The van der Waals surface area contributed by atoms with Crippen LogP contribution in [-0.4, -0.2) is 23.9 Å². The van der Waals surface area contributed by atoms with Crippen LogP contribution >= 0.6 is 7.37 Å². The van der Waals surface area contributed by atoms with Gasteiger partial charge in [0.15, 0.2) is 0 Å². The molecule has 4 nitrogen and oxygen atoms in total. The van der Waals surface area contributed by atoms with Gasteiger partial charge in [-0.3, -0.25) is 9.36 Å². The first-order valence-corrected chi connectivity index (χ1v) is 9.34. The highest BCUT2D eigenvalue weighted by molar-refractivity contribution is 7.61. The number of carbonyl (C=O) groups excluding carboxylic acids is 1. The Bertz CT molecular complexity index is 544. The van der Waals surface area contributed by atoms with Crippen molar-refractivity contribution in [2.75, 3.05) is 12.8 Å². The van der Waals surface area contributed by atoms with Gasteiger partial charge in [0.25, 0.3) is 7.37 Å². The summed E-state index contributed by atoms with van der Waals surface area (Å²) in [6.07, 6.45) is 0.136. The SMILES string of the molecule is CCOC(=O)C(C)(C)C[P@](=O)(Oc1ccccc1)C(C)(C)C. The molecule has 0 aliphatic carbocycles. The lowest BCUT2D eigenvalue weighted by molar-refractivity contribution is -0.152. The van der Waals surface area contributed by atoms with Crippen molar-refractivity contribution in [3.05, 3.63) is 30.3 Å². The van der Waals surface area contributed by atoms with Gasteiger partial charge < -0.3 is 9.26 Å². The van der Waals surface area contributed by atoms with Crippen LogP contribution < -0.4 is 4.52 Å².